The van der Waals surface area contributed by atoms with Gasteiger partial charge < -0.3 is 5.11 Å². The van der Waals surface area contributed by atoms with Crippen LogP contribution in [0.1, 0.15) is 18.1 Å². The highest BCUT2D eigenvalue weighted by molar-refractivity contribution is 6.15. The van der Waals surface area contributed by atoms with Crippen LogP contribution >= 0.6 is 0 Å². The predicted octanol–water partition coefficient (Wildman–Crippen LogP) is 3.19. The lowest BCUT2D eigenvalue weighted by Crippen LogP contribution is -2.05. The number of benzene rings is 1. The van der Waals surface area contributed by atoms with Crippen LogP contribution in [0.5, 0.6) is 0 Å². The maximum absolute atomic E-state index is 12.2. The molecule has 1 aromatic carbocycles. The zero-order valence-corrected chi connectivity index (χ0v) is 8.38. The van der Waals surface area contributed by atoms with Gasteiger partial charge in [-0.2, -0.15) is 13.2 Å². The van der Waals surface area contributed by atoms with E-state index in [1.54, 1.807) is 0 Å². The largest absolute Gasteiger partial charge is 0.478 e. The van der Waals surface area contributed by atoms with E-state index in [1.165, 1.54) is 13.0 Å². The van der Waals surface area contributed by atoms with Crippen molar-refractivity contribution < 1.29 is 23.1 Å². The van der Waals surface area contributed by atoms with E-state index in [-0.39, 0.29) is 11.1 Å². The molecule has 16 heavy (non-hydrogen) atoms. The second-order valence-electron chi connectivity index (χ2n) is 3.08. The van der Waals surface area contributed by atoms with Gasteiger partial charge in [0.25, 0.3) is 0 Å². The van der Waals surface area contributed by atoms with Crippen molar-refractivity contribution in [3.05, 3.63) is 41.5 Å². The smallest absolute Gasteiger partial charge is 0.416 e. The summed E-state index contributed by atoms with van der Waals surface area (Å²) in [5.41, 5.74) is -0.561. The number of carbonyl (C=O) groups is 1. The summed E-state index contributed by atoms with van der Waals surface area (Å²) in [6.07, 6.45) is -3.07. The first-order valence-corrected chi connectivity index (χ1v) is 4.43. The summed E-state index contributed by atoms with van der Waals surface area (Å²) < 4.78 is 36.7. The van der Waals surface area contributed by atoms with E-state index in [9.17, 15) is 18.0 Å². The van der Waals surface area contributed by atoms with Crippen molar-refractivity contribution in [2.75, 3.05) is 0 Å². The first-order chi connectivity index (χ1) is 7.36. The molecule has 1 aromatic rings. The number of carboxylic acids is 1. The summed E-state index contributed by atoms with van der Waals surface area (Å²) in [6.45, 7) is 1.52. The van der Waals surface area contributed by atoms with E-state index in [2.05, 4.69) is 0 Å². The summed E-state index contributed by atoms with van der Waals surface area (Å²) in [6, 6.07) is 4.02. The summed E-state index contributed by atoms with van der Waals surface area (Å²) in [4.78, 5) is 10.7. The van der Waals surface area contributed by atoms with Gasteiger partial charge in [0.2, 0.25) is 0 Å². The Balaban J connectivity index is 3.09. The van der Waals surface area contributed by atoms with Gasteiger partial charge >= 0.3 is 12.1 Å². The summed E-state index contributed by atoms with van der Waals surface area (Å²) in [5.74, 6) is -1.16. The third-order valence-corrected chi connectivity index (χ3v) is 2.04. The molecule has 0 aliphatic carbocycles. The SMILES string of the molecule is C/C=C(/C(=O)O)c1ccc(C(F)(F)F)cc1. The van der Waals surface area contributed by atoms with Crippen LogP contribution in [0.15, 0.2) is 30.3 Å². The lowest BCUT2D eigenvalue weighted by molar-refractivity contribution is -0.137. The predicted molar refractivity (Wildman–Crippen MR) is 52.7 cm³/mol. The van der Waals surface area contributed by atoms with Crippen LogP contribution in [0.2, 0.25) is 0 Å². The van der Waals surface area contributed by atoms with Gasteiger partial charge in [-0.3, -0.25) is 0 Å². The molecule has 0 saturated heterocycles. The Morgan fingerprint density at radius 3 is 2.06 bits per heavy atom. The molecular formula is C11H9F3O2. The van der Waals surface area contributed by atoms with Crippen LogP contribution in [-0.4, -0.2) is 11.1 Å². The molecule has 1 N–H and O–H groups in total. The number of aliphatic carboxylic acids is 1. The van der Waals surface area contributed by atoms with E-state index in [4.69, 9.17) is 5.11 Å². The van der Waals surface area contributed by atoms with Crippen molar-refractivity contribution in [2.24, 2.45) is 0 Å². The van der Waals surface area contributed by atoms with Crippen LogP contribution in [0.25, 0.3) is 5.57 Å². The van der Waals surface area contributed by atoms with Gasteiger partial charge in [0.15, 0.2) is 0 Å². The molecule has 0 atom stereocenters. The average Bonchev–Trinajstić information content (AvgIpc) is 2.17. The van der Waals surface area contributed by atoms with Gasteiger partial charge in [0.05, 0.1) is 11.1 Å². The highest BCUT2D eigenvalue weighted by Gasteiger charge is 2.30. The fraction of sp³-hybridized carbons (Fsp3) is 0.182. The molecule has 2 nitrogen and oxygen atoms in total. The maximum Gasteiger partial charge on any atom is 0.416 e. The molecule has 0 aliphatic rings. The molecule has 0 radical (unpaired) electrons. The molecule has 0 fully saturated rings. The Kier molecular flexibility index (Phi) is 3.37. The molecule has 86 valence electrons. The molecule has 0 aliphatic heterocycles. The Morgan fingerprint density at radius 2 is 1.75 bits per heavy atom. The van der Waals surface area contributed by atoms with Gasteiger partial charge in [-0.25, -0.2) is 4.79 Å². The molecule has 0 heterocycles. The maximum atomic E-state index is 12.2. The fourth-order valence-corrected chi connectivity index (χ4v) is 1.25. The quantitative estimate of drug-likeness (QED) is 0.792. The normalized spacial score (nSPS) is 12.6. The topological polar surface area (TPSA) is 37.3 Å². The second-order valence-corrected chi connectivity index (χ2v) is 3.08. The zero-order chi connectivity index (χ0) is 12.3. The number of carboxylic acid groups (broad SMARTS) is 1. The van der Waals surface area contributed by atoms with Gasteiger partial charge in [-0.05, 0) is 24.6 Å². The lowest BCUT2D eigenvalue weighted by Gasteiger charge is -2.07. The fourth-order valence-electron chi connectivity index (χ4n) is 1.25. The first kappa shape index (κ1) is 12.3. The molecule has 1 rings (SSSR count). The molecule has 0 amide bonds. The van der Waals surface area contributed by atoms with Gasteiger partial charge in [0.1, 0.15) is 0 Å². The number of alkyl halides is 3. The highest BCUT2D eigenvalue weighted by Crippen LogP contribution is 2.30. The number of halogens is 3. The third-order valence-electron chi connectivity index (χ3n) is 2.04. The van der Waals surface area contributed by atoms with E-state index in [1.807, 2.05) is 0 Å². The molecule has 0 bridgehead atoms. The standard InChI is InChI=1S/C11H9F3O2/c1-2-9(10(15)16)7-3-5-8(6-4-7)11(12,13)14/h2-6H,1H3,(H,15,16)/b9-2+. The van der Waals surface area contributed by atoms with Crippen molar-refractivity contribution in [1.29, 1.82) is 0 Å². The van der Waals surface area contributed by atoms with Crippen LogP contribution in [0.3, 0.4) is 0 Å². The minimum Gasteiger partial charge on any atom is -0.478 e. The molecule has 0 aromatic heterocycles. The Hall–Kier alpha value is -1.78. The van der Waals surface area contributed by atoms with Crippen molar-refractivity contribution in [1.82, 2.24) is 0 Å². The van der Waals surface area contributed by atoms with E-state index < -0.39 is 17.7 Å². The van der Waals surface area contributed by atoms with Crippen molar-refractivity contribution in [2.45, 2.75) is 13.1 Å². The monoisotopic (exact) mass is 230 g/mol. The van der Waals surface area contributed by atoms with Crippen molar-refractivity contribution in [3.8, 4) is 0 Å². The third kappa shape index (κ3) is 2.62. The lowest BCUT2D eigenvalue weighted by atomic mass is 10.0. The van der Waals surface area contributed by atoms with E-state index in [0.29, 0.717) is 0 Å². The van der Waals surface area contributed by atoms with Gasteiger partial charge in [-0.1, -0.05) is 18.2 Å². The van der Waals surface area contributed by atoms with Crippen molar-refractivity contribution >= 4 is 11.5 Å². The molecular weight excluding hydrogens is 221 g/mol. The van der Waals surface area contributed by atoms with Crippen LogP contribution in [-0.2, 0) is 11.0 Å². The molecule has 0 saturated carbocycles. The van der Waals surface area contributed by atoms with Crippen molar-refractivity contribution in [3.63, 3.8) is 0 Å². The second kappa shape index (κ2) is 4.38. The number of hydrogen-bond donors (Lipinski definition) is 1. The van der Waals surface area contributed by atoms with Crippen LogP contribution in [0.4, 0.5) is 13.2 Å². The number of hydrogen-bond acceptors (Lipinski definition) is 1. The Bertz CT molecular complexity index is 416. The minimum absolute atomic E-state index is 0.0197. The van der Waals surface area contributed by atoms with E-state index >= 15 is 0 Å². The molecule has 5 heteroatoms. The van der Waals surface area contributed by atoms with Gasteiger partial charge in [0, 0.05) is 0 Å². The summed E-state index contributed by atoms with van der Waals surface area (Å²) >= 11 is 0. The number of rotatable bonds is 2. The van der Waals surface area contributed by atoms with Gasteiger partial charge in [-0.15, -0.1) is 0 Å². The first-order valence-electron chi connectivity index (χ1n) is 4.43. The summed E-state index contributed by atoms with van der Waals surface area (Å²) in [5, 5.41) is 8.77. The van der Waals surface area contributed by atoms with E-state index in [0.717, 1.165) is 24.3 Å². The number of allylic oxidation sites excluding steroid dienone is 1. The van der Waals surface area contributed by atoms with Crippen LogP contribution < -0.4 is 0 Å². The highest BCUT2D eigenvalue weighted by atomic mass is 19.4. The molecule has 0 unspecified atom stereocenters. The molecule has 0 spiro atoms. The Labute approximate surface area is 90.0 Å². The minimum atomic E-state index is -4.40. The summed E-state index contributed by atoms with van der Waals surface area (Å²) in [7, 11) is 0. The average molecular weight is 230 g/mol. The Morgan fingerprint density at radius 1 is 1.25 bits per heavy atom. The zero-order valence-electron chi connectivity index (χ0n) is 8.38. The van der Waals surface area contributed by atoms with Crippen LogP contribution in [0, 0.1) is 0 Å².